The van der Waals surface area contributed by atoms with Crippen LogP contribution in [0, 0.1) is 0 Å². The number of nitrogens with one attached hydrogen (secondary N) is 1. The Hall–Kier alpha value is -2.83. The van der Waals surface area contributed by atoms with Gasteiger partial charge in [0.1, 0.15) is 0 Å². The molecule has 18 heavy (non-hydrogen) atoms. The van der Waals surface area contributed by atoms with Crippen molar-refractivity contribution in [2.75, 3.05) is 5.32 Å². The molecule has 0 aliphatic rings. The van der Waals surface area contributed by atoms with Crippen molar-refractivity contribution in [3.05, 3.63) is 47.8 Å². The number of amides is 1. The van der Waals surface area contributed by atoms with Gasteiger partial charge in [-0.3, -0.25) is 10.1 Å². The SMILES string of the molecule is O=C(O)c1ccccc1C(=O)Nc1nccnn1. The highest BCUT2D eigenvalue weighted by Gasteiger charge is 2.16. The lowest BCUT2D eigenvalue weighted by Gasteiger charge is -2.05. The van der Waals surface area contributed by atoms with Crippen molar-refractivity contribution >= 4 is 17.8 Å². The highest BCUT2D eigenvalue weighted by molar-refractivity contribution is 6.10. The van der Waals surface area contributed by atoms with E-state index in [4.69, 9.17) is 5.11 Å². The number of carbonyl (C=O) groups excluding carboxylic acids is 1. The predicted octanol–water partition coefficient (Wildman–Crippen LogP) is 0.822. The zero-order valence-electron chi connectivity index (χ0n) is 9.07. The smallest absolute Gasteiger partial charge is 0.336 e. The molecule has 2 aromatic rings. The second kappa shape index (κ2) is 5.00. The lowest BCUT2D eigenvalue weighted by Crippen LogP contribution is -2.17. The van der Waals surface area contributed by atoms with Crippen LogP contribution in [-0.4, -0.2) is 32.2 Å². The molecular formula is C11H8N4O3. The first-order valence-electron chi connectivity index (χ1n) is 4.96. The Morgan fingerprint density at radius 2 is 1.83 bits per heavy atom. The fourth-order valence-electron chi connectivity index (χ4n) is 1.34. The third-order valence-corrected chi connectivity index (χ3v) is 2.11. The number of aromatic nitrogens is 3. The lowest BCUT2D eigenvalue weighted by atomic mass is 10.1. The van der Waals surface area contributed by atoms with Crippen molar-refractivity contribution < 1.29 is 14.7 Å². The number of aromatic carboxylic acids is 1. The van der Waals surface area contributed by atoms with Gasteiger partial charge in [-0.1, -0.05) is 12.1 Å². The Morgan fingerprint density at radius 1 is 1.11 bits per heavy atom. The molecular weight excluding hydrogens is 236 g/mol. The minimum atomic E-state index is -1.17. The predicted molar refractivity (Wildman–Crippen MR) is 61.2 cm³/mol. The number of hydrogen-bond acceptors (Lipinski definition) is 5. The highest BCUT2D eigenvalue weighted by atomic mass is 16.4. The molecule has 0 radical (unpaired) electrons. The van der Waals surface area contributed by atoms with Gasteiger partial charge in [-0.05, 0) is 12.1 Å². The molecule has 0 aliphatic heterocycles. The molecule has 2 N–H and O–H groups in total. The van der Waals surface area contributed by atoms with E-state index >= 15 is 0 Å². The first-order chi connectivity index (χ1) is 8.68. The van der Waals surface area contributed by atoms with E-state index in [1.807, 2.05) is 0 Å². The van der Waals surface area contributed by atoms with Crippen LogP contribution in [0.2, 0.25) is 0 Å². The number of carboxylic acids is 1. The molecule has 7 heteroatoms. The molecule has 1 aromatic heterocycles. The zero-order chi connectivity index (χ0) is 13.0. The summed E-state index contributed by atoms with van der Waals surface area (Å²) in [5.41, 5.74) is -0.0451. The second-order valence-electron chi connectivity index (χ2n) is 3.27. The molecule has 1 heterocycles. The Kier molecular flexibility index (Phi) is 3.24. The number of hydrogen-bond donors (Lipinski definition) is 2. The average Bonchev–Trinajstić information content (AvgIpc) is 2.40. The first kappa shape index (κ1) is 11.6. The maximum Gasteiger partial charge on any atom is 0.336 e. The van der Waals surface area contributed by atoms with Crippen LogP contribution < -0.4 is 5.32 Å². The van der Waals surface area contributed by atoms with Gasteiger partial charge in [0.25, 0.3) is 5.91 Å². The molecule has 0 unspecified atom stereocenters. The van der Waals surface area contributed by atoms with E-state index in [1.54, 1.807) is 12.1 Å². The highest BCUT2D eigenvalue weighted by Crippen LogP contribution is 2.10. The minimum absolute atomic E-state index is 0.0164. The largest absolute Gasteiger partial charge is 0.478 e. The molecule has 1 aromatic carbocycles. The van der Waals surface area contributed by atoms with Crippen molar-refractivity contribution in [1.29, 1.82) is 0 Å². The Morgan fingerprint density at radius 3 is 2.44 bits per heavy atom. The molecule has 0 saturated carbocycles. The van der Waals surface area contributed by atoms with E-state index in [9.17, 15) is 9.59 Å². The van der Waals surface area contributed by atoms with Crippen LogP contribution in [0.25, 0.3) is 0 Å². The van der Waals surface area contributed by atoms with Crippen molar-refractivity contribution in [3.8, 4) is 0 Å². The normalized spacial score (nSPS) is 9.78. The van der Waals surface area contributed by atoms with Crippen molar-refractivity contribution in [2.45, 2.75) is 0 Å². The summed E-state index contributed by atoms with van der Waals surface area (Å²) in [5.74, 6) is -1.75. The molecule has 7 nitrogen and oxygen atoms in total. The van der Waals surface area contributed by atoms with Gasteiger partial charge in [-0.25, -0.2) is 9.78 Å². The quantitative estimate of drug-likeness (QED) is 0.828. The van der Waals surface area contributed by atoms with E-state index in [0.29, 0.717) is 0 Å². The summed E-state index contributed by atoms with van der Waals surface area (Å²) >= 11 is 0. The van der Waals surface area contributed by atoms with Crippen LogP contribution in [-0.2, 0) is 0 Å². The fraction of sp³-hybridized carbons (Fsp3) is 0. The van der Waals surface area contributed by atoms with E-state index in [2.05, 4.69) is 20.5 Å². The number of rotatable bonds is 3. The fourth-order valence-corrected chi connectivity index (χ4v) is 1.34. The van der Waals surface area contributed by atoms with Gasteiger partial charge in [0, 0.05) is 0 Å². The van der Waals surface area contributed by atoms with E-state index < -0.39 is 11.9 Å². The van der Waals surface area contributed by atoms with E-state index in [0.717, 1.165) is 0 Å². The second-order valence-corrected chi connectivity index (χ2v) is 3.27. The summed E-state index contributed by atoms with van der Waals surface area (Å²) in [7, 11) is 0. The van der Waals surface area contributed by atoms with Crippen LogP contribution in [0.4, 0.5) is 5.95 Å². The molecule has 0 spiro atoms. The third-order valence-electron chi connectivity index (χ3n) is 2.11. The molecule has 2 rings (SSSR count). The van der Waals surface area contributed by atoms with Gasteiger partial charge < -0.3 is 5.11 Å². The number of benzene rings is 1. The monoisotopic (exact) mass is 244 g/mol. The summed E-state index contributed by atoms with van der Waals surface area (Å²) in [6.45, 7) is 0. The standard InChI is InChI=1S/C11H8N4O3/c16-9(14-11-12-5-6-13-15-11)7-3-1-2-4-8(7)10(17)18/h1-6H,(H,17,18)(H,12,14,15,16). The number of carbonyl (C=O) groups is 2. The molecule has 0 fully saturated rings. The molecule has 0 atom stereocenters. The zero-order valence-corrected chi connectivity index (χ0v) is 9.07. The van der Waals surface area contributed by atoms with Gasteiger partial charge in [-0.15, -0.1) is 5.10 Å². The maximum atomic E-state index is 11.9. The molecule has 0 bridgehead atoms. The minimum Gasteiger partial charge on any atom is -0.478 e. The van der Waals surface area contributed by atoms with Gasteiger partial charge in [0.05, 0.1) is 23.5 Å². The Bertz CT molecular complexity index is 586. The van der Waals surface area contributed by atoms with E-state index in [-0.39, 0.29) is 17.1 Å². The molecule has 90 valence electrons. The molecule has 0 aliphatic carbocycles. The Labute approximate surface area is 102 Å². The summed E-state index contributed by atoms with van der Waals surface area (Å²) in [5, 5.41) is 18.4. The molecule has 1 amide bonds. The van der Waals surface area contributed by atoms with Crippen molar-refractivity contribution in [2.24, 2.45) is 0 Å². The van der Waals surface area contributed by atoms with Crippen LogP contribution in [0.3, 0.4) is 0 Å². The summed E-state index contributed by atoms with van der Waals surface area (Å²) in [6, 6.07) is 5.88. The summed E-state index contributed by atoms with van der Waals surface area (Å²) in [4.78, 5) is 26.6. The first-order valence-corrected chi connectivity index (χ1v) is 4.96. The van der Waals surface area contributed by atoms with Crippen LogP contribution >= 0.6 is 0 Å². The van der Waals surface area contributed by atoms with Crippen LogP contribution in [0.5, 0.6) is 0 Å². The van der Waals surface area contributed by atoms with Crippen LogP contribution in [0.1, 0.15) is 20.7 Å². The van der Waals surface area contributed by atoms with Gasteiger partial charge in [-0.2, -0.15) is 5.10 Å². The molecule has 0 saturated heterocycles. The maximum absolute atomic E-state index is 11.9. The third kappa shape index (κ3) is 2.46. The number of nitrogens with zero attached hydrogens (tertiary/aromatic N) is 3. The van der Waals surface area contributed by atoms with Crippen molar-refractivity contribution in [1.82, 2.24) is 15.2 Å². The number of carboxylic acid groups (broad SMARTS) is 1. The average molecular weight is 244 g/mol. The summed E-state index contributed by atoms with van der Waals surface area (Å²) in [6.07, 6.45) is 2.73. The number of anilines is 1. The van der Waals surface area contributed by atoms with Gasteiger partial charge >= 0.3 is 5.97 Å². The van der Waals surface area contributed by atoms with E-state index in [1.165, 1.54) is 24.5 Å². The van der Waals surface area contributed by atoms with Gasteiger partial charge in [0.15, 0.2) is 0 Å². The van der Waals surface area contributed by atoms with Crippen LogP contribution in [0.15, 0.2) is 36.7 Å². The Balaban J connectivity index is 2.27. The lowest BCUT2D eigenvalue weighted by molar-refractivity contribution is 0.0692. The summed E-state index contributed by atoms with van der Waals surface area (Å²) < 4.78 is 0. The topological polar surface area (TPSA) is 105 Å². The van der Waals surface area contributed by atoms with Crippen molar-refractivity contribution in [3.63, 3.8) is 0 Å². The van der Waals surface area contributed by atoms with Gasteiger partial charge in [0.2, 0.25) is 5.95 Å².